The first-order chi connectivity index (χ1) is 9.25. The molecule has 0 spiro atoms. The number of hydrogen-bond donors (Lipinski definition) is 2. The summed E-state index contributed by atoms with van der Waals surface area (Å²) in [4.78, 5) is -0.158. The normalized spacial score (nSPS) is 11.3. The van der Waals surface area contributed by atoms with Crippen LogP contribution in [0.2, 0.25) is 10.0 Å². The monoisotopic (exact) mass is 332 g/mol. The third-order valence-corrected chi connectivity index (χ3v) is 3.78. The largest absolute Gasteiger partial charge is 0.457 e. The van der Waals surface area contributed by atoms with E-state index in [1.807, 2.05) is 0 Å². The van der Waals surface area contributed by atoms with E-state index in [9.17, 15) is 8.42 Å². The van der Waals surface area contributed by atoms with E-state index in [1.54, 1.807) is 18.2 Å². The van der Waals surface area contributed by atoms with Gasteiger partial charge in [0, 0.05) is 16.1 Å². The van der Waals surface area contributed by atoms with Crippen molar-refractivity contribution >= 4 is 38.9 Å². The highest BCUT2D eigenvalue weighted by Gasteiger charge is 2.13. The van der Waals surface area contributed by atoms with Crippen molar-refractivity contribution in [1.82, 2.24) is 0 Å². The first kappa shape index (κ1) is 14.9. The van der Waals surface area contributed by atoms with E-state index in [4.69, 9.17) is 38.8 Å². The summed E-state index contributed by atoms with van der Waals surface area (Å²) in [5.41, 5.74) is 5.63. The molecule has 8 heteroatoms. The Balaban J connectivity index is 2.33. The minimum absolute atomic E-state index is 0.00174. The summed E-state index contributed by atoms with van der Waals surface area (Å²) < 4.78 is 28.0. The lowest BCUT2D eigenvalue weighted by Gasteiger charge is -2.09. The van der Waals surface area contributed by atoms with Gasteiger partial charge in [-0.3, -0.25) is 0 Å². The smallest absolute Gasteiger partial charge is 0.240 e. The third-order valence-electron chi connectivity index (χ3n) is 2.36. The quantitative estimate of drug-likeness (QED) is 0.844. The lowest BCUT2D eigenvalue weighted by Crippen LogP contribution is -2.14. The molecule has 0 aliphatic carbocycles. The number of rotatable bonds is 3. The zero-order chi connectivity index (χ0) is 14.9. The van der Waals surface area contributed by atoms with Gasteiger partial charge in [-0.2, -0.15) is 0 Å². The molecule has 0 saturated carbocycles. The van der Waals surface area contributed by atoms with Crippen molar-refractivity contribution in [2.45, 2.75) is 4.90 Å². The Labute approximate surface area is 126 Å². The first-order valence-electron chi connectivity index (χ1n) is 5.32. The van der Waals surface area contributed by atoms with Gasteiger partial charge in [0.25, 0.3) is 0 Å². The van der Waals surface area contributed by atoms with Crippen molar-refractivity contribution in [2.75, 3.05) is 5.73 Å². The van der Waals surface area contributed by atoms with E-state index < -0.39 is 10.0 Å². The zero-order valence-corrected chi connectivity index (χ0v) is 12.3. The molecule has 2 aromatic carbocycles. The minimum atomic E-state index is -3.86. The molecule has 0 aromatic heterocycles. The Kier molecular flexibility index (Phi) is 4.10. The second-order valence-corrected chi connectivity index (χ2v) is 6.35. The van der Waals surface area contributed by atoms with Crippen molar-refractivity contribution in [2.24, 2.45) is 5.14 Å². The van der Waals surface area contributed by atoms with Crippen LogP contribution in [0.4, 0.5) is 5.69 Å². The average molecular weight is 333 g/mol. The second kappa shape index (κ2) is 5.49. The van der Waals surface area contributed by atoms with E-state index in [1.165, 1.54) is 18.2 Å². The zero-order valence-electron chi connectivity index (χ0n) is 10.0. The fourth-order valence-electron chi connectivity index (χ4n) is 1.57. The average Bonchev–Trinajstić information content (AvgIpc) is 2.25. The highest BCUT2D eigenvalue weighted by Crippen LogP contribution is 2.30. The third kappa shape index (κ3) is 3.55. The topological polar surface area (TPSA) is 95.4 Å². The molecule has 5 nitrogen and oxygen atoms in total. The van der Waals surface area contributed by atoms with Gasteiger partial charge in [0.2, 0.25) is 10.0 Å². The number of hydrogen-bond acceptors (Lipinski definition) is 4. The van der Waals surface area contributed by atoms with Crippen LogP contribution in [0.25, 0.3) is 0 Å². The maximum Gasteiger partial charge on any atom is 0.240 e. The van der Waals surface area contributed by atoms with Gasteiger partial charge in [0.15, 0.2) is 0 Å². The molecule has 4 N–H and O–H groups in total. The summed E-state index contributed by atoms with van der Waals surface area (Å²) in [5, 5.41) is 5.85. The summed E-state index contributed by atoms with van der Waals surface area (Å²) in [5.74, 6) is 0.749. The molecular weight excluding hydrogens is 323 g/mol. The van der Waals surface area contributed by atoms with Gasteiger partial charge in [-0.25, -0.2) is 13.6 Å². The highest BCUT2D eigenvalue weighted by atomic mass is 35.5. The molecule has 0 radical (unpaired) electrons. The minimum Gasteiger partial charge on any atom is -0.457 e. The SMILES string of the molecule is Nc1cc(Oc2cc(Cl)cc(Cl)c2)ccc1S(N)(=O)=O. The molecule has 2 aromatic rings. The fourth-order valence-corrected chi connectivity index (χ4v) is 2.72. The van der Waals surface area contributed by atoms with Crippen LogP contribution in [-0.2, 0) is 10.0 Å². The number of benzene rings is 2. The lowest BCUT2D eigenvalue weighted by atomic mass is 10.3. The second-order valence-electron chi connectivity index (χ2n) is 3.95. The van der Waals surface area contributed by atoms with Gasteiger partial charge in [0.05, 0.1) is 5.69 Å². The highest BCUT2D eigenvalue weighted by molar-refractivity contribution is 7.89. The standard InChI is InChI=1S/C12H10Cl2N2O3S/c13-7-3-8(14)5-10(4-7)19-9-1-2-12(11(15)6-9)20(16,17)18/h1-6H,15H2,(H2,16,17,18). The van der Waals surface area contributed by atoms with Gasteiger partial charge in [-0.1, -0.05) is 23.2 Å². The molecule has 0 atom stereocenters. The van der Waals surface area contributed by atoms with Gasteiger partial charge < -0.3 is 10.5 Å². The van der Waals surface area contributed by atoms with E-state index in [0.29, 0.717) is 21.5 Å². The Morgan fingerprint density at radius 3 is 2.05 bits per heavy atom. The number of primary sulfonamides is 1. The Morgan fingerprint density at radius 1 is 0.950 bits per heavy atom. The number of sulfonamides is 1. The van der Waals surface area contributed by atoms with E-state index in [0.717, 1.165) is 0 Å². The van der Waals surface area contributed by atoms with Crippen LogP contribution in [0.3, 0.4) is 0 Å². The van der Waals surface area contributed by atoms with Crippen molar-refractivity contribution < 1.29 is 13.2 Å². The molecule has 2 rings (SSSR count). The number of nitrogen functional groups attached to an aromatic ring is 1. The molecule has 106 valence electrons. The fraction of sp³-hybridized carbons (Fsp3) is 0. The molecule has 0 amide bonds. The van der Waals surface area contributed by atoms with Gasteiger partial charge in [0.1, 0.15) is 16.4 Å². The molecule has 0 saturated heterocycles. The van der Waals surface area contributed by atoms with Crippen LogP contribution in [0.5, 0.6) is 11.5 Å². The Bertz CT molecular complexity index is 743. The van der Waals surface area contributed by atoms with Crippen molar-refractivity contribution in [3.05, 3.63) is 46.4 Å². The van der Waals surface area contributed by atoms with Crippen molar-refractivity contribution in [1.29, 1.82) is 0 Å². The van der Waals surface area contributed by atoms with E-state index >= 15 is 0 Å². The van der Waals surface area contributed by atoms with Crippen LogP contribution >= 0.6 is 23.2 Å². The maximum atomic E-state index is 11.2. The van der Waals surface area contributed by atoms with Gasteiger partial charge in [-0.15, -0.1) is 0 Å². The van der Waals surface area contributed by atoms with Crippen molar-refractivity contribution in [3.63, 3.8) is 0 Å². The van der Waals surface area contributed by atoms with Crippen LogP contribution in [0.15, 0.2) is 41.3 Å². The molecule has 0 unspecified atom stereocenters. The Hall–Kier alpha value is -1.47. The van der Waals surface area contributed by atoms with Crippen LogP contribution in [0, 0.1) is 0 Å². The number of nitrogens with two attached hydrogens (primary N) is 2. The molecule has 20 heavy (non-hydrogen) atoms. The van der Waals surface area contributed by atoms with Crippen LogP contribution in [-0.4, -0.2) is 8.42 Å². The molecule has 0 aliphatic heterocycles. The molecule has 0 aliphatic rings. The predicted molar refractivity (Wildman–Crippen MR) is 78.8 cm³/mol. The van der Waals surface area contributed by atoms with Crippen molar-refractivity contribution in [3.8, 4) is 11.5 Å². The summed E-state index contributed by atoms with van der Waals surface area (Å²) in [6, 6.07) is 8.76. The molecule has 0 heterocycles. The Morgan fingerprint density at radius 2 is 1.55 bits per heavy atom. The van der Waals surface area contributed by atoms with Crippen LogP contribution in [0.1, 0.15) is 0 Å². The van der Waals surface area contributed by atoms with Gasteiger partial charge >= 0.3 is 0 Å². The lowest BCUT2D eigenvalue weighted by molar-refractivity contribution is 0.482. The molecule has 0 bridgehead atoms. The molecular formula is C12H10Cl2N2O3S. The van der Waals surface area contributed by atoms with Gasteiger partial charge in [-0.05, 0) is 30.3 Å². The number of halogens is 2. The number of ether oxygens (including phenoxy) is 1. The molecule has 0 fully saturated rings. The van der Waals surface area contributed by atoms with Crippen LogP contribution < -0.4 is 15.6 Å². The van der Waals surface area contributed by atoms with E-state index in [-0.39, 0.29) is 10.6 Å². The summed E-state index contributed by atoms with van der Waals surface area (Å²) in [6.45, 7) is 0. The maximum absolute atomic E-state index is 11.2. The first-order valence-corrected chi connectivity index (χ1v) is 7.62. The van der Waals surface area contributed by atoms with E-state index in [2.05, 4.69) is 0 Å². The summed E-state index contributed by atoms with van der Waals surface area (Å²) in [7, 11) is -3.86. The summed E-state index contributed by atoms with van der Waals surface area (Å²) >= 11 is 11.7. The number of anilines is 1. The summed E-state index contributed by atoms with van der Waals surface area (Å²) in [6.07, 6.45) is 0. The predicted octanol–water partition coefficient (Wildman–Crippen LogP) is 3.02.